The Kier molecular flexibility index (Phi) is 21.4. The van der Waals surface area contributed by atoms with Crippen molar-refractivity contribution in [1.82, 2.24) is 0 Å². The zero-order valence-electron chi connectivity index (χ0n) is 34.1. The first-order chi connectivity index (χ1) is 30.5. The molecule has 13 N–H and O–H groups in total. The Morgan fingerprint density at radius 3 is 1.38 bits per heavy atom. The third-order valence-electron chi connectivity index (χ3n) is 10.5. The Labute approximate surface area is 365 Å². The molecule has 376 valence electrons. The molecule has 21 atom stereocenters. The maximum Gasteiger partial charge on any atom is 0.403 e. The molecule has 5 aliphatic heterocycles. The van der Waals surface area contributed by atoms with E-state index in [1.807, 2.05) is 0 Å². The maximum atomic E-state index is 13.7. The normalized spacial score (nSPS) is 45.3. The van der Waals surface area contributed by atoms with E-state index in [4.69, 9.17) is 65.2 Å². The summed E-state index contributed by atoms with van der Waals surface area (Å²) in [5.74, 6) is 0. The Morgan fingerprint density at radius 2 is 0.828 bits per heavy atom. The Balaban J connectivity index is 1.38. The molecule has 0 aliphatic carbocycles. The zero-order chi connectivity index (χ0) is 46.7. The molecule has 0 saturated carbocycles. The van der Waals surface area contributed by atoms with Crippen LogP contribution in [0.3, 0.4) is 0 Å². The molecule has 5 fully saturated rings. The van der Waals surface area contributed by atoms with Gasteiger partial charge in [-0.05, 0) is 0 Å². The highest BCUT2D eigenvalue weighted by molar-refractivity contribution is 7.81. The van der Waals surface area contributed by atoms with Crippen LogP contribution in [-0.2, 0) is 75.6 Å². The lowest BCUT2D eigenvalue weighted by atomic mass is 9.95. The second-order valence-electron chi connectivity index (χ2n) is 14.9. The van der Waals surface area contributed by atoms with Crippen molar-refractivity contribution in [3.8, 4) is 0 Å². The molecule has 29 nitrogen and oxygen atoms in total. The maximum absolute atomic E-state index is 13.7. The molecule has 0 spiro atoms. The minimum absolute atomic E-state index is 0.0527. The van der Waals surface area contributed by atoms with E-state index < -0.39 is 173 Å². The summed E-state index contributed by atoms with van der Waals surface area (Å²) in [6.07, 6.45) is -41.0. The van der Waals surface area contributed by atoms with Gasteiger partial charge in [0.25, 0.3) is 0 Å². The van der Waals surface area contributed by atoms with Gasteiger partial charge in [-0.1, -0.05) is 0 Å². The lowest BCUT2D eigenvalue weighted by molar-refractivity contribution is -0.386. The minimum Gasteiger partial charge on any atom is -0.394 e. The molecule has 5 aliphatic rings. The molecule has 0 amide bonds. The predicted octanol–water partition coefficient (Wildman–Crippen LogP) is -10.0. The van der Waals surface area contributed by atoms with Gasteiger partial charge in [0.15, 0.2) is 31.3 Å². The van der Waals surface area contributed by atoms with Crippen molar-refractivity contribution in [2.75, 3.05) is 85.9 Å². The summed E-state index contributed by atoms with van der Waals surface area (Å²) in [6.45, 7) is -3.81. The standard InChI is InChI=1S/C34H60O29S/c35-9-14-19(39)20(40)24(44)32(56-14)60-29-17(12-38)58-34(30(26(29)46)63-64(48,49)62-18-13-53-6-5-51-2-1-50-3-4-52-7-8-54-18)61-28-16(11-37)57-33(25(45)22(28)42)59-27-15(10-36)55-31(47)23(43)21(27)41/h14-47H,1-13H2/t14?,15?,16?,17?,18?,19-,20?,21?,22?,23+,24+,25+,26?,27-,28-,29-,30+,31-,32+,33+,34+/m1/s1. The lowest BCUT2D eigenvalue weighted by Crippen LogP contribution is -2.68. The SMILES string of the molecule is O=S(=O)(OC1COCCOCCOCCOCCO1)O[C@H]1C(O)[C@H](O[C@@H]2OC(CO)[C@@H](O)C(O)[C@@H]2O)C(CO)O[C@H]1O[C@@H]1C(CO)O[C@@H](O[C@@H]2C(CO)O[C@@H](O)[C@@H](O)C2O)[C@@H](O)C1O. The molecule has 0 radical (unpaired) electrons. The number of hydrogen-bond acceptors (Lipinski definition) is 29. The lowest BCUT2D eigenvalue weighted by Gasteiger charge is -2.49. The monoisotopic (exact) mass is 964 g/mol. The summed E-state index contributed by atoms with van der Waals surface area (Å²) < 4.78 is 104. The summed E-state index contributed by atoms with van der Waals surface area (Å²) >= 11 is 0. The Morgan fingerprint density at radius 1 is 0.406 bits per heavy atom. The highest BCUT2D eigenvalue weighted by atomic mass is 32.3. The third-order valence-corrected chi connectivity index (χ3v) is 11.4. The van der Waals surface area contributed by atoms with Gasteiger partial charge >= 0.3 is 10.4 Å². The first-order valence-corrected chi connectivity index (χ1v) is 21.6. The average Bonchev–Trinajstić information content (AvgIpc) is 3.28. The zero-order valence-corrected chi connectivity index (χ0v) is 34.9. The van der Waals surface area contributed by atoms with Crippen LogP contribution >= 0.6 is 0 Å². The molecule has 64 heavy (non-hydrogen) atoms. The van der Waals surface area contributed by atoms with Crippen LogP contribution < -0.4 is 0 Å². The average molecular weight is 965 g/mol. The van der Waals surface area contributed by atoms with Crippen molar-refractivity contribution in [2.45, 2.75) is 129 Å². The van der Waals surface area contributed by atoms with Crippen LogP contribution in [0.5, 0.6) is 0 Å². The van der Waals surface area contributed by atoms with Crippen molar-refractivity contribution in [1.29, 1.82) is 0 Å². The number of rotatable bonds is 14. The van der Waals surface area contributed by atoms with Crippen molar-refractivity contribution in [3.05, 3.63) is 0 Å². The number of aliphatic hydroxyl groups excluding tert-OH is 13. The van der Waals surface area contributed by atoms with Crippen molar-refractivity contribution >= 4 is 10.4 Å². The predicted molar refractivity (Wildman–Crippen MR) is 196 cm³/mol. The minimum atomic E-state index is -5.41. The molecule has 0 aromatic rings. The van der Waals surface area contributed by atoms with Crippen molar-refractivity contribution in [3.63, 3.8) is 0 Å². The van der Waals surface area contributed by atoms with Crippen LogP contribution in [0, 0.1) is 0 Å². The largest absolute Gasteiger partial charge is 0.403 e. The van der Waals surface area contributed by atoms with Gasteiger partial charge in [0.05, 0.1) is 85.9 Å². The first-order valence-electron chi connectivity index (χ1n) is 20.2. The van der Waals surface area contributed by atoms with Crippen molar-refractivity contribution < 1.29 is 140 Å². The van der Waals surface area contributed by atoms with E-state index in [0.29, 0.717) is 0 Å². The van der Waals surface area contributed by atoms with Gasteiger partial charge in [-0.2, -0.15) is 8.42 Å². The highest BCUT2D eigenvalue weighted by Crippen LogP contribution is 2.35. The Hall–Kier alpha value is -1.13. The van der Waals surface area contributed by atoms with E-state index in [1.165, 1.54) is 0 Å². The summed E-state index contributed by atoms with van der Waals surface area (Å²) in [5, 5.41) is 136. The van der Waals surface area contributed by atoms with E-state index in [9.17, 15) is 74.8 Å². The highest BCUT2D eigenvalue weighted by Gasteiger charge is 2.56. The van der Waals surface area contributed by atoms with Gasteiger partial charge < -0.3 is 123 Å². The van der Waals surface area contributed by atoms with Gasteiger partial charge in [0.1, 0.15) is 91.6 Å². The summed E-state index contributed by atoms with van der Waals surface area (Å²) in [4.78, 5) is 0. The summed E-state index contributed by atoms with van der Waals surface area (Å²) in [6, 6.07) is 0. The van der Waals surface area contributed by atoms with Crippen LogP contribution in [0.2, 0.25) is 0 Å². The summed E-state index contributed by atoms with van der Waals surface area (Å²) in [5.41, 5.74) is 0. The fourth-order valence-corrected chi connectivity index (χ4v) is 8.00. The van der Waals surface area contributed by atoms with Crippen molar-refractivity contribution in [2.24, 2.45) is 0 Å². The van der Waals surface area contributed by atoms with E-state index in [2.05, 4.69) is 0 Å². The van der Waals surface area contributed by atoms with Gasteiger partial charge in [-0.3, -0.25) is 0 Å². The molecule has 5 saturated heterocycles. The van der Waals surface area contributed by atoms with Crippen LogP contribution in [0.15, 0.2) is 0 Å². The smallest absolute Gasteiger partial charge is 0.394 e. The molecule has 30 heteroatoms. The van der Waals surface area contributed by atoms with Crippen LogP contribution in [-0.4, -0.2) is 290 Å². The number of aliphatic hydroxyl groups is 13. The second-order valence-corrected chi connectivity index (χ2v) is 16.1. The fourth-order valence-electron chi connectivity index (χ4n) is 7.11. The van der Waals surface area contributed by atoms with E-state index in [1.54, 1.807) is 0 Å². The molecular weight excluding hydrogens is 904 g/mol. The van der Waals surface area contributed by atoms with E-state index >= 15 is 0 Å². The molecule has 5 heterocycles. The fraction of sp³-hybridized carbons (Fsp3) is 1.00. The molecule has 9 unspecified atom stereocenters. The van der Waals surface area contributed by atoms with Crippen LogP contribution in [0.4, 0.5) is 0 Å². The van der Waals surface area contributed by atoms with Gasteiger partial charge in [-0.25, -0.2) is 8.37 Å². The first kappa shape index (κ1) is 53.8. The molecule has 0 aromatic carbocycles. The summed E-state index contributed by atoms with van der Waals surface area (Å²) in [7, 11) is -5.41. The quantitative estimate of drug-likeness (QED) is 0.0769. The van der Waals surface area contributed by atoms with Gasteiger partial charge in [0.2, 0.25) is 6.29 Å². The number of ether oxygens (including phenoxy) is 12. The topological polar surface area (TPSA) is 426 Å². The molecule has 0 aromatic heterocycles. The molecule has 5 rings (SSSR count). The van der Waals surface area contributed by atoms with Gasteiger partial charge in [0, 0.05) is 0 Å². The van der Waals surface area contributed by atoms with E-state index in [0.717, 1.165) is 0 Å². The van der Waals surface area contributed by atoms with Gasteiger partial charge in [-0.15, -0.1) is 0 Å². The van der Waals surface area contributed by atoms with E-state index in [-0.39, 0.29) is 52.9 Å². The Bertz CT molecular complexity index is 1430. The van der Waals surface area contributed by atoms with Crippen LogP contribution in [0.25, 0.3) is 0 Å². The number of hydrogen-bond donors (Lipinski definition) is 13. The molecular formula is C34H60O29S. The van der Waals surface area contributed by atoms with Crippen LogP contribution in [0.1, 0.15) is 0 Å². The molecule has 0 bridgehead atoms. The second kappa shape index (κ2) is 25.5. The third kappa shape index (κ3) is 13.8.